The van der Waals surface area contributed by atoms with Crippen molar-refractivity contribution in [3.05, 3.63) is 77.2 Å². The van der Waals surface area contributed by atoms with Crippen molar-refractivity contribution >= 4 is 29.9 Å². The average molecular weight is 502 g/mol. The minimum Gasteiger partial charge on any atom is -0.444 e. The van der Waals surface area contributed by atoms with Crippen LogP contribution in [0.2, 0.25) is 0 Å². The largest absolute Gasteiger partial charge is 0.444 e. The van der Waals surface area contributed by atoms with Crippen LogP contribution >= 0.6 is 24.0 Å². The molecule has 0 saturated heterocycles. The van der Waals surface area contributed by atoms with Crippen LogP contribution in [0.1, 0.15) is 22.4 Å². The molecule has 1 aliphatic rings. The minimum atomic E-state index is 0. The summed E-state index contributed by atoms with van der Waals surface area (Å²) in [5.41, 5.74) is 6.01. The first-order chi connectivity index (χ1) is 13.7. The quantitative estimate of drug-likeness (QED) is 0.326. The van der Waals surface area contributed by atoms with Gasteiger partial charge in [-0.2, -0.15) is 0 Å². The van der Waals surface area contributed by atoms with Gasteiger partial charge >= 0.3 is 0 Å². The summed E-state index contributed by atoms with van der Waals surface area (Å²) in [5, 5.41) is 3.47. The Morgan fingerprint density at radius 1 is 1.14 bits per heavy atom. The summed E-state index contributed by atoms with van der Waals surface area (Å²) >= 11 is 0. The number of hydrogen-bond acceptors (Lipinski definition) is 3. The van der Waals surface area contributed by atoms with Crippen molar-refractivity contribution in [2.24, 2.45) is 4.99 Å². The van der Waals surface area contributed by atoms with E-state index in [2.05, 4.69) is 63.5 Å². The molecular weight excluding hydrogens is 475 g/mol. The predicted molar refractivity (Wildman–Crippen MR) is 128 cm³/mol. The Balaban J connectivity index is 0.00000240. The molecule has 1 aliphatic heterocycles. The van der Waals surface area contributed by atoms with Crippen LogP contribution in [0.25, 0.3) is 11.5 Å². The summed E-state index contributed by atoms with van der Waals surface area (Å²) in [6.45, 7) is 4.73. The number of guanidine groups is 1. The Bertz CT molecular complexity index is 965. The van der Waals surface area contributed by atoms with E-state index < -0.39 is 0 Å². The van der Waals surface area contributed by atoms with E-state index in [1.54, 1.807) is 6.26 Å². The van der Waals surface area contributed by atoms with Gasteiger partial charge in [0.05, 0.1) is 5.69 Å². The zero-order valence-corrected chi connectivity index (χ0v) is 19.2. The Hall–Kier alpha value is -2.35. The van der Waals surface area contributed by atoms with Crippen molar-refractivity contribution in [3.8, 4) is 11.5 Å². The lowest BCUT2D eigenvalue weighted by molar-refractivity contribution is 0.379. The zero-order valence-electron chi connectivity index (χ0n) is 16.9. The van der Waals surface area contributed by atoms with Crippen molar-refractivity contribution in [1.82, 2.24) is 15.2 Å². The van der Waals surface area contributed by atoms with E-state index in [0.29, 0.717) is 5.89 Å². The van der Waals surface area contributed by atoms with E-state index in [1.165, 1.54) is 16.7 Å². The SMILES string of the molecule is CN=C(NCCc1coc(-c2ccc(C)cc2)n1)N1CCc2ccccc2C1.I. The van der Waals surface area contributed by atoms with Crippen LogP contribution in [-0.2, 0) is 19.4 Å². The summed E-state index contributed by atoms with van der Waals surface area (Å²) in [6, 6.07) is 16.9. The lowest BCUT2D eigenvalue weighted by atomic mass is 10.0. The molecule has 2 heterocycles. The number of nitrogens with one attached hydrogen (secondary N) is 1. The number of nitrogens with zero attached hydrogens (tertiary/aromatic N) is 3. The number of fused-ring (bicyclic) bond motifs is 1. The maximum atomic E-state index is 5.65. The van der Waals surface area contributed by atoms with E-state index in [1.807, 2.05) is 19.2 Å². The van der Waals surface area contributed by atoms with Crippen LogP contribution in [0.5, 0.6) is 0 Å². The standard InChI is InChI=1S/C23H26N4O.HI/c1-17-7-9-19(10-8-17)22-26-21(16-28-22)11-13-25-23(24-2)27-14-12-18-5-3-4-6-20(18)15-27;/h3-10,16H,11-15H2,1-2H3,(H,24,25);1H. The van der Waals surface area contributed by atoms with Gasteiger partial charge in [0.15, 0.2) is 5.96 Å². The second-order valence-corrected chi connectivity index (χ2v) is 7.17. The van der Waals surface area contributed by atoms with Gasteiger partial charge in [0, 0.05) is 38.7 Å². The molecule has 6 heteroatoms. The van der Waals surface area contributed by atoms with Gasteiger partial charge in [0.2, 0.25) is 5.89 Å². The topological polar surface area (TPSA) is 53.7 Å². The molecule has 0 saturated carbocycles. The number of hydrogen-bond donors (Lipinski definition) is 1. The van der Waals surface area contributed by atoms with Crippen LogP contribution in [-0.4, -0.2) is 36.0 Å². The number of rotatable bonds is 4. The minimum absolute atomic E-state index is 0. The van der Waals surface area contributed by atoms with E-state index in [0.717, 1.165) is 49.7 Å². The fourth-order valence-electron chi connectivity index (χ4n) is 3.56. The van der Waals surface area contributed by atoms with Crippen LogP contribution in [0.3, 0.4) is 0 Å². The third kappa shape index (κ3) is 5.18. The van der Waals surface area contributed by atoms with Gasteiger partial charge in [0.25, 0.3) is 0 Å². The Labute approximate surface area is 189 Å². The van der Waals surface area contributed by atoms with Gasteiger partial charge in [-0.3, -0.25) is 4.99 Å². The first-order valence-corrected chi connectivity index (χ1v) is 9.77. The normalized spacial score (nSPS) is 13.6. The summed E-state index contributed by atoms with van der Waals surface area (Å²) in [5.74, 6) is 1.61. The highest BCUT2D eigenvalue weighted by atomic mass is 127. The molecule has 0 bridgehead atoms. The second-order valence-electron chi connectivity index (χ2n) is 7.17. The number of aromatic nitrogens is 1. The monoisotopic (exact) mass is 502 g/mol. The molecule has 5 nitrogen and oxygen atoms in total. The van der Waals surface area contributed by atoms with Crippen LogP contribution in [0.15, 0.2) is 64.2 Å². The van der Waals surface area contributed by atoms with E-state index in [-0.39, 0.29) is 24.0 Å². The molecule has 0 unspecified atom stereocenters. The Kier molecular flexibility index (Phi) is 7.30. The molecular formula is C23H27IN4O. The molecule has 1 N–H and O–H groups in total. The van der Waals surface area contributed by atoms with Gasteiger partial charge in [0.1, 0.15) is 6.26 Å². The lowest BCUT2D eigenvalue weighted by Crippen LogP contribution is -2.44. The van der Waals surface area contributed by atoms with Crippen LogP contribution < -0.4 is 5.32 Å². The molecule has 4 rings (SSSR count). The Morgan fingerprint density at radius 2 is 1.90 bits per heavy atom. The van der Waals surface area contributed by atoms with Gasteiger partial charge in [-0.05, 0) is 36.6 Å². The molecule has 1 aromatic heterocycles. The highest BCUT2D eigenvalue weighted by molar-refractivity contribution is 14.0. The molecule has 0 aliphatic carbocycles. The summed E-state index contributed by atoms with van der Waals surface area (Å²) < 4.78 is 5.65. The van der Waals surface area contributed by atoms with Gasteiger partial charge in [-0.1, -0.05) is 42.0 Å². The number of aryl methyl sites for hydroxylation is 1. The summed E-state index contributed by atoms with van der Waals surface area (Å²) in [7, 11) is 1.84. The highest BCUT2D eigenvalue weighted by Gasteiger charge is 2.18. The number of aliphatic imine (C=N–C) groups is 1. The molecule has 152 valence electrons. The van der Waals surface area contributed by atoms with Crippen molar-refractivity contribution in [2.45, 2.75) is 26.3 Å². The fourth-order valence-corrected chi connectivity index (χ4v) is 3.56. The van der Waals surface area contributed by atoms with Crippen molar-refractivity contribution < 1.29 is 4.42 Å². The van der Waals surface area contributed by atoms with Crippen molar-refractivity contribution in [3.63, 3.8) is 0 Å². The number of benzene rings is 2. The van der Waals surface area contributed by atoms with Gasteiger partial charge in [-0.25, -0.2) is 4.98 Å². The molecule has 0 fully saturated rings. The van der Waals surface area contributed by atoms with E-state index >= 15 is 0 Å². The third-order valence-corrected chi connectivity index (χ3v) is 5.16. The van der Waals surface area contributed by atoms with Gasteiger partial charge in [-0.15, -0.1) is 24.0 Å². The van der Waals surface area contributed by atoms with Crippen LogP contribution in [0, 0.1) is 6.92 Å². The smallest absolute Gasteiger partial charge is 0.226 e. The number of halogens is 1. The molecule has 0 atom stereocenters. The highest BCUT2D eigenvalue weighted by Crippen LogP contribution is 2.20. The van der Waals surface area contributed by atoms with E-state index in [4.69, 9.17) is 4.42 Å². The zero-order chi connectivity index (χ0) is 19.3. The van der Waals surface area contributed by atoms with Crippen LogP contribution in [0.4, 0.5) is 0 Å². The average Bonchev–Trinajstić information content (AvgIpc) is 3.20. The number of oxazole rings is 1. The first-order valence-electron chi connectivity index (χ1n) is 9.77. The third-order valence-electron chi connectivity index (χ3n) is 5.16. The summed E-state index contributed by atoms with van der Waals surface area (Å²) in [6.07, 6.45) is 3.59. The maximum absolute atomic E-state index is 5.65. The first kappa shape index (κ1) is 21.4. The molecule has 0 radical (unpaired) electrons. The lowest BCUT2D eigenvalue weighted by Gasteiger charge is -2.31. The van der Waals surface area contributed by atoms with E-state index in [9.17, 15) is 0 Å². The Morgan fingerprint density at radius 3 is 2.66 bits per heavy atom. The van der Waals surface area contributed by atoms with Crippen molar-refractivity contribution in [2.75, 3.05) is 20.1 Å². The second kappa shape index (κ2) is 9.91. The molecule has 3 aromatic rings. The molecule has 0 amide bonds. The van der Waals surface area contributed by atoms with Gasteiger partial charge < -0.3 is 14.6 Å². The molecule has 2 aromatic carbocycles. The van der Waals surface area contributed by atoms with Crippen molar-refractivity contribution in [1.29, 1.82) is 0 Å². The molecule has 0 spiro atoms. The predicted octanol–water partition coefficient (Wildman–Crippen LogP) is 4.44. The fraction of sp³-hybridized carbons (Fsp3) is 0.304. The maximum Gasteiger partial charge on any atom is 0.226 e. The summed E-state index contributed by atoms with van der Waals surface area (Å²) in [4.78, 5) is 11.4. The molecule has 29 heavy (non-hydrogen) atoms.